The zero-order valence-electron chi connectivity index (χ0n) is 11.7. The van der Waals surface area contributed by atoms with Crippen molar-refractivity contribution in [2.45, 2.75) is 44.8 Å². The minimum absolute atomic E-state index is 0.176. The van der Waals surface area contributed by atoms with Crippen molar-refractivity contribution in [1.29, 1.82) is 0 Å². The van der Waals surface area contributed by atoms with Gasteiger partial charge in [0.2, 0.25) is 11.7 Å². The van der Waals surface area contributed by atoms with E-state index in [-0.39, 0.29) is 6.04 Å². The summed E-state index contributed by atoms with van der Waals surface area (Å²) >= 11 is 1.64. The van der Waals surface area contributed by atoms with E-state index in [0.29, 0.717) is 24.3 Å². The Hall–Kier alpha value is -1.24. The molecule has 108 valence electrons. The molecule has 2 aromatic rings. The van der Waals surface area contributed by atoms with Crippen molar-refractivity contribution in [3.05, 3.63) is 22.7 Å². The van der Waals surface area contributed by atoms with E-state index < -0.39 is 0 Å². The Kier molecular flexibility index (Phi) is 4.14. The molecular weight excluding hydrogens is 272 g/mol. The van der Waals surface area contributed by atoms with Gasteiger partial charge in [0.25, 0.3) is 0 Å². The summed E-state index contributed by atoms with van der Waals surface area (Å²) in [6.07, 6.45) is 3.63. The summed E-state index contributed by atoms with van der Waals surface area (Å²) in [5.41, 5.74) is 7.11. The number of likely N-dealkylation sites (tertiary alicyclic amines) is 1. The topological polar surface area (TPSA) is 68.2 Å². The first-order valence-corrected chi connectivity index (χ1v) is 8.03. The molecule has 0 bridgehead atoms. The van der Waals surface area contributed by atoms with Crippen molar-refractivity contribution >= 4 is 11.3 Å². The van der Waals surface area contributed by atoms with Gasteiger partial charge in [0.05, 0.1) is 6.54 Å². The quantitative estimate of drug-likeness (QED) is 0.937. The molecule has 1 fully saturated rings. The fourth-order valence-corrected chi connectivity index (χ4v) is 3.44. The molecule has 6 heteroatoms. The number of rotatable bonds is 4. The fourth-order valence-electron chi connectivity index (χ4n) is 2.81. The van der Waals surface area contributed by atoms with E-state index in [2.05, 4.69) is 22.0 Å². The van der Waals surface area contributed by atoms with Gasteiger partial charge in [-0.1, -0.05) is 11.6 Å². The molecule has 20 heavy (non-hydrogen) atoms. The van der Waals surface area contributed by atoms with Crippen molar-refractivity contribution in [3.63, 3.8) is 0 Å². The molecule has 1 aliphatic heterocycles. The zero-order chi connectivity index (χ0) is 13.9. The van der Waals surface area contributed by atoms with Gasteiger partial charge in [0.1, 0.15) is 0 Å². The summed E-state index contributed by atoms with van der Waals surface area (Å²) in [5, 5.41) is 8.10. The van der Waals surface area contributed by atoms with Crippen LogP contribution in [0.4, 0.5) is 0 Å². The Bertz CT molecular complexity index is 537. The van der Waals surface area contributed by atoms with Crippen LogP contribution in [0.5, 0.6) is 0 Å². The number of nitrogens with two attached hydrogens (primary N) is 1. The number of piperidine rings is 1. The minimum Gasteiger partial charge on any atom is -0.338 e. The smallest absolute Gasteiger partial charge is 0.241 e. The number of hydrogen-bond donors (Lipinski definition) is 1. The zero-order valence-corrected chi connectivity index (χ0v) is 12.5. The highest BCUT2D eigenvalue weighted by Gasteiger charge is 2.26. The number of thiophene rings is 1. The minimum atomic E-state index is 0.176. The van der Waals surface area contributed by atoms with Gasteiger partial charge in [-0.15, -0.1) is 0 Å². The molecule has 0 radical (unpaired) electrons. The number of aromatic nitrogens is 2. The Balaban J connectivity index is 1.71. The summed E-state index contributed by atoms with van der Waals surface area (Å²) in [4.78, 5) is 6.86. The standard InChI is InChI=1S/C14H20N4OS/c1-10(15)12-4-2-3-6-18(12)8-13-16-14(17-19-13)11-5-7-20-9-11/h5,7,9-10,12H,2-4,6,8,15H2,1H3. The van der Waals surface area contributed by atoms with Crippen LogP contribution in [0.3, 0.4) is 0 Å². The van der Waals surface area contributed by atoms with Crippen molar-refractivity contribution in [1.82, 2.24) is 15.0 Å². The van der Waals surface area contributed by atoms with Crippen molar-refractivity contribution < 1.29 is 4.52 Å². The third kappa shape index (κ3) is 2.92. The van der Waals surface area contributed by atoms with Gasteiger partial charge >= 0.3 is 0 Å². The molecule has 0 spiro atoms. The van der Waals surface area contributed by atoms with E-state index in [1.807, 2.05) is 16.8 Å². The molecule has 0 saturated carbocycles. The largest absolute Gasteiger partial charge is 0.338 e. The highest BCUT2D eigenvalue weighted by molar-refractivity contribution is 7.08. The molecule has 2 N–H and O–H groups in total. The molecule has 3 rings (SSSR count). The Morgan fingerprint density at radius 1 is 1.55 bits per heavy atom. The number of nitrogens with zero attached hydrogens (tertiary/aromatic N) is 3. The van der Waals surface area contributed by atoms with Gasteiger partial charge in [-0.2, -0.15) is 16.3 Å². The second-order valence-corrected chi connectivity index (χ2v) is 6.20. The molecule has 3 heterocycles. The third-order valence-electron chi connectivity index (χ3n) is 3.86. The highest BCUT2D eigenvalue weighted by atomic mass is 32.1. The van der Waals surface area contributed by atoms with E-state index in [4.69, 9.17) is 10.3 Å². The van der Waals surface area contributed by atoms with Gasteiger partial charge < -0.3 is 10.3 Å². The first-order valence-electron chi connectivity index (χ1n) is 7.09. The van der Waals surface area contributed by atoms with E-state index in [1.54, 1.807) is 11.3 Å². The maximum atomic E-state index is 6.09. The molecule has 0 aliphatic carbocycles. The molecule has 1 aliphatic rings. The molecule has 0 aromatic carbocycles. The van der Waals surface area contributed by atoms with Crippen LogP contribution in [0.1, 0.15) is 32.1 Å². The maximum Gasteiger partial charge on any atom is 0.241 e. The maximum absolute atomic E-state index is 6.09. The van der Waals surface area contributed by atoms with E-state index >= 15 is 0 Å². The lowest BCUT2D eigenvalue weighted by Gasteiger charge is -2.37. The van der Waals surface area contributed by atoms with Crippen molar-refractivity contribution in [2.75, 3.05) is 6.54 Å². The van der Waals surface area contributed by atoms with Crippen molar-refractivity contribution in [2.24, 2.45) is 5.73 Å². The van der Waals surface area contributed by atoms with Crippen LogP contribution >= 0.6 is 11.3 Å². The Labute approximate surface area is 122 Å². The second kappa shape index (κ2) is 6.03. The Morgan fingerprint density at radius 3 is 3.20 bits per heavy atom. The predicted octanol–water partition coefficient (Wildman–Crippen LogP) is 2.50. The molecule has 2 aromatic heterocycles. The summed E-state index contributed by atoms with van der Waals surface area (Å²) in [5.74, 6) is 1.36. The summed E-state index contributed by atoms with van der Waals surface area (Å²) in [6, 6.07) is 2.60. The van der Waals surface area contributed by atoms with E-state index in [9.17, 15) is 0 Å². The number of hydrogen-bond acceptors (Lipinski definition) is 6. The fraction of sp³-hybridized carbons (Fsp3) is 0.571. The van der Waals surface area contributed by atoms with Crippen molar-refractivity contribution in [3.8, 4) is 11.4 Å². The van der Waals surface area contributed by atoms with Crippen LogP contribution in [-0.4, -0.2) is 33.7 Å². The second-order valence-electron chi connectivity index (χ2n) is 5.42. The molecule has 2 atom stereocenters. The highest BCUT2D eigenvalue weighted by Crippen LogP contribution is 2.23. The van der Waals surface area contributed by atoms with Crippen LogP contribution in [0.15, 0.2) is 21.3 Å². The average Bonchev–Trinajstić information content (AvgIpc) is 3.09. The Morgan fingerprint density at radius 2 is 2.45 bits per heavy atom. The van der Waals surface area contributed by atoms with Crippen LogP contribution in [0.25, 0.3) is 11.4 Å². The van der Waals surface area contributed by atoms with Crippen LogP contribution in [-0.2, 0) is 6.54 Å². The third-order valence-corrected chi connectivity index (χ3v) is 4.54. The predicted molar refractivity (Wildman–Crippen MR) is 79.3 cm³/mol. The van der Waals surface area contributed by atoms with Gasteiger partial charge in [0.15, 0.2) is 0 Å². The lowest BCUT2D eigenvalue weighted by molar-refractivity contribution is 0.109. The van der Waals surface area contributed by atoms with E-state index in [1.165, 1.54) is 12.8 Å². The average molecular weight is 292 g/mol. The molecule has 1 saturated heterocycles. The first-order chi connectivity index (χ1) is 9.74. The molecular formula is C14H20N4OS. The monoisotopic (exact) mass is 292 g/mol. The molecule has 2 unspecified atom stereocenters. The lowest BCUT2D eigenvalue weighted by atomic mass is 9.97. The van der Waals surface area contributed by atoms with Crippen LogP contribution in [0.2, 0.25) is 0 Å². The van der Waals surface area contributed by atoms with Gasteiger partial charge in [-0.05, 0) is 37.8 Å². The summed E-state index contributed by atoms with van der Waals surface area (Å²) < 4.78 is 5.38. The van der Waals surface area contributed by atoms with Gasteiger partial charge in [-0.25, -0.2) is 0 Å². The van der Waals surface area contributed by atoms with Gasteiger partial charge in [-0.3, -0.25) is 4.90 Å². The first kappa shape index (κ1) is 13.7. The van der Waals surface area contributed by atoms with E-state index in [0.717, 1.165) is 18.5 Å². The molecule has 0 amide bonds. The summed E-state index contributed by atoms with van der Waals surface area (Å²) in [6.45, 7) is 3.83. The lowest BCUT2D eigenvalue weighted by Crippen LogP contribution is -2.48. The summed E-state index contributed by atoms with van der Waals surface area (Å²) in [7, 11) is 0. The van der Waals surface area contributed by atoms with Crippen LogP contribution in [0, 0.1) is 0 Å². The normalized spacial score (nSPS) is 22.0. The van der Waals surface area contributed by atoms with Crippen LogP contribution < -0.4 is 5.73 Å². The van der Waals surface area contributed by atoms with Gasteiger partial charge in [0, 0.05) is 23.0 Å². The molecule has 5 nitrogen and oxygen atoms in total. The SMILES string of the molecule is CC(N)C1CCCCN1Cc1nc(-c2ccsc2)no1.